The van der Waals surface area contributed by atoms with Crippen LogP contribution in [0.25, 0.3) is 0 Å². The molecule has 4 nitrogen and oxygen atoms in total. The van der Waals surface area contributed by atoms with Crippen molar-refractivity contribution >= 4 is 17.2 Å². The van der Waals surface area contributed by atoms with Gasteiger partial charge in [0.15, 0.2) is 6.61 Å². The average molecular weight is 344 g/mol. The maximum absolute atomic E-state index is 12.1. The first-order valence-electron chi connectivity index (χ1n) is 8.34. The van der Waals surface area contributed by atoms with Crippen LogP contribution in [0, 0.1) is 0 Å². The molecule has 1 aromatic heterocycles. The Balaban J connectivity index is 1.49. The summed E-state index contributed by atoms with van der Waals surface area (Å²) in [6.45, 7) is 0.642. The summed E-state index contributed by atoms with van der Waals surface area (Å²) < 4.78 is 5.65. The number of amides is 1. The van der Waals surface area contributed by atoms with E-state index >= 15 is 0 Å². The summed E-state index contributed by atoms with van der Waals surface area (Å²) in [7, 11) is 4.05. The van der Waals surface area contributed by atoms with Gasteiger partial charge in [-0.25, -0.2) is 0 Å². The van der Waals surface area contributed by atoms with Crippen LogP contribution in [0.3, 0.4) is 0 Å². The van der Waals surface area contributed by atoms with Crippen molar-refractivity contribution in [3.63, 3.8) is 0 Å². The second-order valence-electron chi connectivity index (χ2n) is 6.37. The summed E-state index contributed by atoms with van der Waals surface area (Å²) in [5.41, 5.74) is 2.77. The van der Waals surface area contributed by atoms with Gasteiger partial charge in [0.25, 0.3) is 5.91 Å². The molecule has 0 spiro atoms. The highest BCUT2D eigenvalue weighted by molar-refractivity contribution is 7.10. The van der Waals surface area contributed by atoms with E-state index in [9.17, 15) is 4.79 Å². The van der Waals surface area contributed by atoms with Gasteiger partial charge in [-0.1, -0.05) is 12.1 Å². The van der Waals surface area contributed by atoms with Crippen LogP contribution in [0.5, 0.6) is 5.75 Å². The van der Waals surface area contributed by atoms with Gasteiger partial charge in [0.2, 0.25) is 0 Å². The number of ether oxygens (including phenoxy) is 1. The molecule has 1 atom stereocenters. The zero-order chi connectivity index (χ0) is 16.9. The maximum atomic E-state index is 12.1. The van der Waals surface area contributed by atoms with Crippen LogP contribution in [-0.2, 0) is 17.6 Å². The minimum Gasteiger partial charge on any atom is -0.484 e. The third-order valence-electron chi connectivity index (χ3n) is 4.43. The number of hydrogen-bond donors (Lipinski definition) is 1. The van der Waals surface area contributed by atoms with E-state index in [0.29, 0.717) is 6.54 Å². The number of aryl methyl sites for hydroxylation is 2. The first-order valence-corrected chi connectivity index (χ1v) is 9.22. The van der Waals surface area contributed by atoms with Crippen molar-refractivity contribution in [3.8, 4) is 5.75 Å². The number of nitrogens with one attached hydrogen (secondary N) is 1. The standard InChI is InChI=1S/C19H24N2O2S/c1-21(2)17(18-7-4-10-24-18)12-20-19(22)13-23-16-9-8-14-5-3-6-15(14)11-16/h4,7-11,17H,3,5-6,12-13H2,1-2H3,(H,20,22)/t17-/m1/s1. The molecule has 1 N–H and O–H groups in total. The Morgan fingerprint density at radius 2 is 2.12 bits per heavy atom. The quantitative estimate of drug-likeness (QED) is 0.839. The van der Waals surface area contributed by atoms with Gasteiger partial charge >= 0.3 is 0 Å². The van der Waals surface area contributed by atoms with Crippen molar-refractivity contribution in [2.24, 2.45) is 0 Å². The molecule has 0 saturated heterocycles. The van der Waals surface area contributed by atoms with Crippen LogP contribution in [0.2, 0.25) is 0 Å². The first-order chi connectivity index (χ1) is 11.6. The summed E-state index contributed by atoms with van der Waals surface area (Å²) in [6, 6.07) is 10.5. The highest BCUT2D eigenvalue weighted by atomic mass is 32.1. The molecule has 128 valence electrons. The molecule has 0 aliphatic heterocycles. The molecule has 0 saturated carbocycles. The van der Waals surface area contributed by atoms with Gasteiger partial charge < -0.3 is 15.0 Å². The third-order valence-corrected chi connectivity index (χ3v) is 5.40. The number of nitrogens with zero attached hydrogens (tertiary/aromatic N) is 1. The molecule has 1 amide bonds. The lowest BCUT2D eigenvalue weighted by Crippen LogP contribution is -2.36. The predicted molar refractivity (Wildman–Crippen MR) is 97.7 cm³/mol. The number of hydrogen-bond acceptors (Lipinski definition) is 4. The molecule has 0 fully saturated rings. The smallest absolute Gasteiger partial charge is 0.258 e. The van der Waals surface area contributed by atoms with Gasteiger partial charge in [0.05, 0.1) is 6.04 Å². The average Bonchev–Trinajstić information content (AvgIpc) is 3.23. The zero-order valence-corrected chi connectivity index (χ0v) is 15.1. The highest BCUT2D eigenvalue weighted by Crippen LogP contribution is 2.26. The molecule has 2 aromatic rings. The molecule has 1 aromatic carbocycles. The Hall–Kier alpha value is -1.85. The molecule has 3 rings (SSSR count). The summed E-state index contributed by atoms with van der Waals surface area (Å²) in [5, 5.41) is 5.04. The Morgan fingerprint density at radius 1 is 1.29 bits per heavy atom. The largest absolute Gasteiger partial charge is 0.484 e. The molecule has 0 radical (unpaired) electrons. The number of likely N-dealkylation sites (N-methyl/N-ethyl adjacent to an activating group) is 1. The van der Waals surface area contributed by atoms with Gasteiger partial charge in [-0.3, -0.25) is 4.79 Å². The molecule has 1 aliphatic rings. The summed E-state index contributed by atoms with van der Waals surface area (Å²) in [5.74, 6) is 0.701. The molecule has 0 unspecified atom stereocenters. The minimum absolute atomic E-state index is 0.0589. The summed E-state index contributed by atoms with van der Waals surface area (Å²) in [6.07, 6.45) is 3.49. The van der Waals surface area contributed by atoms with Gasteiger partial charge in [-0.15, -0.1) is 11.3 Å². The van der Waals surface area contributed by atoms with E-state index < -0.39 is 0 Å². The summed E-state index contributed by atoms with van der Waals surface area (Å²) >= 11 is 1.71. The molecular weight excluding hydrogens is 320 g/mol. The molecule has 1 aliphatic carbocycles. The SMILES string of the molecule is CN(C)[C@H](CNC(=O)COc1ccc2c(c1)CCC2)c1cccs1. The number of rotatable bonds is 7. The predicted octanol–water partition coefficient (Wildman–Crippen LogP) is 3.03. The van der Waals surface area contributed by atoms with E-state index in [0.717, 1.165) is 18.6 Å². The fraction of sp³-hybridized carbons (Fsp3) is 0.421. The van der Waals surface area contributed by atoms with E-state index in [1.165, 1.54) is 22.4 Å². The van der Waals surface area contributed by atoms with Crippen molar-refractivity contribution in [3.05, 3.63) is 51.7 Å². The molecular formula is C19H24N2O2S. The number of thiophene rings is 1. The topological polar surface area (TPSA) is 41.6 Å². The van der Waals surface area contributed by atoms with Gasteiger partial charge in [0.1, 0.15) is 5.75 Å². The van der Waals surface area contributed by atoms with E-state index in [1.807, 2.05) is 26.2 Å². The normalized spacial score (nSPS) is 14.5. The molecule has 5 heteroatoms. The van der Waals surface area contributed by atoms with E-state index in [1.54, 1.807) is 11.3 Å². The second-order valence-corrected chi connectivity index (χ2v) is 7.35. The van der Waals surface area contributed by atoms with Crippen molar-refractivity contribution < 1.29 is 9.53 Å². The summed E-state index contributed by atoms with van der Waals surface area (Å²) in [4.78, 5) is 15.5. The van der Waals surface area contributed by atoms with Crippen molar-refractivity contribution in [1.29, 1.82) is 0 Å². The first kappa shape index (κ1) is 17.0. The lowest BCUT2D eigenvalue weighted by molar-refractivity contribution is -0.123. The fourth-order valence-corrected chi connectivity index (χ4v) is 3.99. The monoisotopic (exact) mass is 344 g/mol. The zero-order valence-electron chi connectivity index (χ0n) is 14.2. The van der Waals surface area contributed by atoms with Crippen molar-refractivity contribution in [2.75, 3.05) is 27.2 Å². The molecule has 24 heavy (non-hydrogen) atoms. The number of carbonyl (C=O) groups excluding carboxylic acids is 1. The van der Waals surface area contributed by atoms with Crippen LogP contribution < -0.4 is 10.1 Å². The number of fused-ring (bicyclic) bond motifs is 1. The van der Waals surface area contributed by atoms with Gasteiger partial charge in [0, 0.05) is 11.4 Å². The fourth-order valence-electron chi connectivity index (χ4n) is 3.07. The van der Waals surface area contributed by atoms with Crippen LogP contribution in [0.4, 0.5) is 0 Å². The van der Waals surface area contributed by atoms with Crippen molar-refractivity contribution in [1.82, 2.24) is 10.2 Å². The van der Waals surface area contributed by atoms with Crippen LogP contribution in [-0.4, -0.2) is 38.1 Å². The van der Waals surface area contributed by atoms with Crippen molar-refractivity contribution in [2.45, 2.75) is 25.3 Å². The third kappa shape index (κ3) is 4.16. The number of benzene rings is 1. The van der Waals surface area contributed by atoms with Crippen LogP contribution >= 0.6 is 11.3 Å². The van der Waals surface area contributed by atoms with E-state index in [-0.39, 0.29) is 18.6 Å². The van der Waals surface area contributed by atoms with Crippen LogP contribution in [0.1, 0.15) is 28.5 Å². The highest BCUT2D eigenvalue weighted by Gasteiger charge is 2.16. The number of carbonyl (C=O) groups is 1. The molecule has 1 heterocycles. The lowest BCUT2D eigenvalue weighted by Gasteiger charge is -2.23. The van der Waals surface area contributed by atoms with E-state index in [2.05, 4.69) is 33.8 Å². The lowest BCUT2D eigenvalue weighted by atomic mass is 10.1. The Labute approximate surface area is 147 Å². The van der Waals surface area contributed by atoms with Gasteiger partial charge in [-0.2, -0.15) is 0 Å². The van der Waals surface area contributed by atoms with E-state index in [4.69, 9.17) is 4.74 Å². The Kier molecular flexibility index (Phi) is 5.53. The Bertz CT molecular complexity index is 683. The molecule has 0 bridgehead atoms. The second kappa shape index (κ2) is 7.81. The Morgan fingerprint density at radius 3 is 2.88 bits per heavy atom. The van der Waals surface area contributed by atoms with Crippen LogP contribution in [0.15, 0.2) is 35.7 Å². The van der Waals surface area contributed by atoms with Gasteiger partial charge in [-0.05, 0) is 68.1 Å². The minimum atomic E-state index is -0.0843. The maximum Gasteiger partial charge on any atom is 0.258 e.